The first-order valence-corrected chi connectivity index (χ1v) is 7.75. The van der Waals surface area contributed by atoms with Crippen molar-refractivity contribution in [2.24, 2.45) is 5.92 Å². The van der Waals surface area contributed by atoms with Gasteiger partial charge in [0.05, 0.1) is 5.56 Å². The first kappa shape index (κ1) is 15.4. The van der Waals surface area contributed by atoms with Crippen molar-refractivity contribution >= 4 is 11.7 Å². The van der Waals surface area contributed by atoms with Gasteiger partial charge in [-0.3, -0.25) is 9.59 Å². The molecule has 3 rings (SSSR count). The Morgan fingerprint density at radius 1 is 1.13 bits per heavy atom. The molecule has 0 aromatic heterocycles. The summed E-state index contributed by atoms with van der Waals surface area (Å²) < 4.78 is 14.0. The van der Waals surface area contributed by atoms with E-state index in [0.717, 1.165) is 5.56 Å². The van der Waals surface area contributed by atoms with Crippen LogP contribution >= 0.6 is 0 Å². The van der Waals surface area contributed by atoms with Crippen LogP contribution < -0.4 is 5.32 Å². The number of rotatable bonds is 5. The lowest BCUT2D eigenvalue weighted by molar-refractivity contribution is -0.119. The molecule has 118 valence electrons. The van der Waals surface area contributed by atoms with Crippen molar-refractivity contribution in [2.75, 3.05) is 6.54 Å². The number of carbonyl (C=O) groups excluding carboxylic acids is 2. The molecule has 1 fully saturated rings. The van der Waals surface area contributed by atoms with E-state index in [9.17, 15) is 14.0 Å². The van der Waals surface area contributed by atoms with Gasteiger partial charge in [-0.05, 0) is 30.0 Å². The summed E-state index contributed by atoms with van der Waals surface area (Å²) in [5, 5.41) is 2.79. The number of hydrogen-bond acceptors (Lipinski definition) is 2. The highest BCUT2D eigenvalue weighted by atomic mass is 19.1. The van der Waals surface area contributed by atoms with E-state index in [1.54, 1.807) is 12.1 Å². The zero-order valence-electron chi connectivity index (χ0n) is 12.7. The van der Waals surface area contributed by atoms with Gasteiger partial charge in [0.1, 0.15) is 5.82 Å². The van der Waals surface area contributed by atoms with Crippen LogP contribution in [0.5, 0.6) is 0 Å². The van der Waals surface area contributed by atoms with Crippen LogP contribution in [-0.4, -0.2) is 18.2 Å². The number of ketones is 1. The van der Waals surface area contributed by atoms with Gasteiger partial charge >= 0.3 is 0 Å². The number of nitrogens with one attached hydrogen (secondary N) is 1. The standard InChI is InChI=1S/C19H18FNO2/c20-17-9-5-4-8-15(17)19(23)16(14-6-2-1-3-7-14)10-13-11-18(22)21-12-13/h1-9,13,16H,10-12H2,(H,21,22). The van der Waals surface area contributed by atoms with Crippen molar-refractivity contribution in [3.63, 3.8) is 0 Å². The minimum absolute atomic E-state index is 0.0140. The van der Waals surface area contributed by atoms with Crippen molar-refractivity contribution in [1.29, 1.82) is 0 Å². The SMILES string of the molecule is O=C1CC(CC(C(=O)c2ccccc2F)c2ccccc2)CN1. The Kier molecular flexibility index (Phi) is 4.51. The Labute approximate surface area is 134 Å². The van der Waals surface area contributed by atoms with E-state index < -0.39 is 11.7 Å². The first-order chi connectivity index (χ1) is 11.1. The molecule has 0 saturated carbocycles. The third kappa shape index (κ3) is 3.47. The molecule has 4 heteroatoms. The Hall–Kier alpha value is -2.49. The quantitative estimate of drug-likeness (QED) is 0.861. The van der Waals surface area contributed by atoms with Crippen LogP contribution in [0, 0.1) is 11.7 Å². The Balaban J connectivity index is 1.90. The third-order valence-corrected chi connectivity index (χ3v) is 4.29. The average Bonchev–Trinajstić information content (AvgIpc) is 2.98. The van der Waals surface area contributed by atoms with E-state index in [0.29, 0.717) is 19.4 Å². The number of carbonyl (C=O) groups is 2. The van der Waals surface area contributed by atoms with E-state index >= 15 is 0 Å². The largest absolute Gasteiger partial charge is 0.356 e. The number of hydrogen-bond donors (Lipinski definition) is 1. The van der Waals surface area contributed by atoms with Crippen molar-refractivity contribution in [2.45, 2.75) is 18.8 Å². The molecule has 2 aromatic rings. The lowest BCUT2D eigenvalue weighted by Gasteiger charge is -2.19. The van der Waals surface area contributed by atoms with Crippen LogP contribution in [0.25, 0.3) is 0 Å². The summed E-state index contributed by atoms with van der Waals surface area (Å²) in [6, 6.07) is 15.4. The van der Waals surface area contributed by atoms with Gasteiger partial charge in [-0.25, -0.2) is 4.39 Å². The highest BCUT2D eigenvalue weighted by molar-refractivity contribution is 6.01. The maximum absolute atomic E-state index is 14.0. The molecule has 1 N–H and O–H groups in total. The van der Waals surface area contributed by atoms with Crippen LogP contribution in [0.1, 0.15) is 34.7 Å². The molecule has 0 aliphatic carbocycles. The fourth-order valence-corrected chi connectivity index (χ4v) is 3.09. The lowest BCUT2D eigenvalue weighted by Crippen LogP contribution is -2.19. The molecule has 1 aliphatic rings. The van der Waals surface area contributed by atoms with Crippen molar-refractivity contribution in [1.82, 2.24) is 5.32 Å². The van der Waals surface area contributed by atoms with Gasteiger partial charge in [-0.1, -0.05) is 42.5 Å². The number of benzene rings is 2. The van der Waals surface area contributed by atoms with Crippen molar-refractivity contribution in [3.05, 3.63) is 71.5 Å². The maximum atomic E-state index is 14.0. The Bertz CT molecular complexity index is 714. The number of amides is 1. The molecule has 2 aromatic carbocycles. The summed E-state index contributed by atoms with van der Waals surface area (Å²) in [6.45, 7) is 0.576. The second kappa shape index (κ2) is 6.73. The molecule has 2 atom stereocenters. The van der Waals surface area contributed by atoms with Crippen molar-refractivity contribution < 1.29 is 14.0 Å². The molecule has 1 amide bonds. The molecular weight excluding hydrogens is 293 g/mol. The summed E-state index contributed by atoms with van der Waals surface area (Å²) in [4.78, 5) is 24.3. The molecular formula is C19H18FNO2. The minimum Gasteiger partial charge on any atom is -0.356 e. The van der Waals surface area contributed by atoms with Gasteiger partial charge < -0.3 is 5.32 Å². The summed E-state index contributed by atoms with van der Waals surface area (Å²) in [6.07, 6.45) is 0.962. The van der Waals surface area contributed by atoms with Crippen LogP contribution in [0.2, 0.25) is 0 Å². The molecule has 0 spiro atoms. The predicted molar refractivity (Wildman–Crippen MR) is 85.6 cm³/mol. The van der Waals surface area contributed by atoms with Gasteiger partial charge in [0.15, 0.2) is 5.78 Å². The van der Waals surface area contributed by atoms with E-state index in [2.05, 4.69) is 5.32 Å². The van der Waals surface area contributed by atoms with Gasteiger partial charge in [0.2, 0.25) is 5.91 Å². The monoisotopic (exact) mass is 311 g/mol. The topological polar surface area (TPSA) is 46.2 Å². The van der Waals surface area contributed by atoms with E-state index in [4.69, 9.17) is 0 Å². The number of Topliss-reactive ketones (excluding diaryl/α,β-unsaturated/α-hetero) is 1. The van der Waals surface area contributed by atoms with E-state index in [1.807, 2.05) is 30.3 Å². The highest BCUT2D eigenvalue weighted by Crippen LogP contribution is 2.31. The molecule has 23 heavy (non-hydrogen) atoms. The minimum atomic E-state index is -0.501. The summed E-state index contributed by atoms with van der Waals surface area (Å²) in [7, 11) is 0. The second-order valence-corrected chi connectivity index (χ2v) is 5.92. The van der Waals surface area contributed by atoms with Crippen molar-refractivity contribution in [3.8, 4) is 0 Å². The smallest absolute Gasteiger partial charge is 0.220 e. The summed E-state index contributed by atoms with van der Waals surface area (Å²) in [5.74, 6) is -1.05. The zero-order valence-corrected chi connectivity index (χ0v) is 12.7. The molecule has 0 radical (unpaired) electrons. The highest BCUT2D eigenvalue weighted by Gasteiger charge is 2.30. The molecule has 1 saturated heterocycles. The Morgan fingerprint density at radius 3 is 2.48 bits per heavy atom. The lowest BCUT2D eigenvalue weighted by atomic mass is 9.83. The fraction of sp³-hybridized carbons (Fsp3) is 0.263. The first-order valence-electron chi connectivity index (χ1n) is 7.75. The molecule has 1 aliphatic heterocycles. The van der Waals surface area contributed by atoms with Crippen LogP contribution in [-0.2, 0) is 4.79 Å². The Morgan fingerprint density at radius 2 is 1.83 bits per heavy atom. The van der Waals surface area contributed by atoms with Crippen LogP contribution in [0.3, 0.4) is 0 Å². The molecule has 2 unspecified atom stereocenters. The summed E-state index contributed by atoms with van der Waals surface area (Å²) >= 11 is 0. The van der Waals surface area contributed by atoms with E-state index in [-0.39, 0.29) is 23.2 Å². The number of halogens is 1. The second-order valence-electron chi connectivity index (χ2n) is 5.92. The van der Waals surface area contributed by atoms with Crippen LogP contribution in [0.15, 0.2) is 54.6 Å². The van der Waals surface area contributed by atoms with E-state index in [1.165, 1.54) is 12.1 Å². The van der Waals surface area contributed by atoms with Gasteiger partial charge in [0, 0.05) is 18.9 Å². The third-order valence-electron chi connectivity index (χ3n) is 4.29. The van der Waals surface area contributed by atoms with Gasteiger partial charge in [-0.15, -0.1) is 0 Å². The van der Waals surface area contributed by atoms with Crippen LogP contribution in [0.4, 0.5) is 4.39 Å². The average molecular weight is 311 g/mol. The summed E-state index contributed by atoms with van der Waals surface area (Å²) in [5.41, 5.74) is 0.971. The predicted octanol–water partition coefficient (Wildman–Crippen LogP) is 3.32. The fourth-order valence-electron chi connectivity index (χ4n) is 3.09. The maximum Gasteiger partial charge on any atom is 0.220 e. The molecule has 0 bridgehead atoms. The molecule has 3 nitrogen and oxygen atoms in total. The molecule has 1 heterocycles. The normalized spacial score (nSPS) is 18.5. The zero-order chi connectivity index (χ0) is 16.2. The van der Waals surface area contributed by atoms with Gasteiger partial charge in [-0.2, -0.15) is 0 Å². The van der Waals surface area contributed by atoms with Gasteiger partial charge in [0.25, 0.3) is 0 Å².